The van der Waals surface area contributed by atoms with Crippen molar-refractivity contribution in [1.29, 1.82) is 0 Å². The van der Waals surface area contributed by atoms with E-state index < -0.39 is 30.8 Å². The molecule has 0 saturated carbocycles. The third-order valence-corrected chi connectivity index (χ3v) is 8.60. The number of rotatable bonds is 6. The normalized spacial score (nSPS) is 13.0. The van der Waals surface area contributed by atoms with E-state index >= 15 is 0 Å². The van der Waals surface area contributed by atoms with Crippen molar-refractivity contribution in [3.63, 3.8) is 0 Å². The second-order valence-electron chi connectivity index (χ2n) is 7.66. The molecule has 1 aliphatic heterocycles. The van der Waals surface area contributed by atoms with Crippen molar-refractivity contribution in [1.82, 2.24) is 0 Å². The maximum atomic E-state index is 13.4. The van der Waals surface area contributed by atoms with Gasteiger partial charge in [0.05, 0.1) is 22.0 Å². The molecule has 0 spiro atoms. The Morgan fingerprint density at radius 2 is 1.23 bits per heavy atom. The molecule has 4 aromatic carbocycles. The number of carbonyl (C=O) groups is 1. The zero-order chi connectivity index (χ0) is 25.0. The number of nitrogens with one attached hydrogen (secondary N) is 3. The van der Waals surface area contributed by atoms with E-state index in [-0.39, 0.29) is 38.3 Å². The van der Waals surface area contributed by atoms with E-state index in [1.165, 1.54) is 42.5 Å². The molecule has 1 aliphatic rings. The van der Waals surface area contributed by atoms with Crippen LogP contribution in [0.25, 0.3) is 10.8 Å². The van der Waals surface area contributed by atoms with Gasteiger partial charge in [-0.2, -0.15) is 0 Å². The number of amides is 1. The summed E-state index contributed by atoms with van der Waals surface area (Å²) in [4.78, 5) is 11.9. The van der Waals surface area contributed by atoms with Crippen molar-refractivity contribution in [3.05, 3.63) is 88.4 Å². The fourth-order valence-electron chi connectivity index (χ4n) is 3.87. The molecule has 8 nitrogen and oxygen atoms in total. The van der Waals surface area contributed by atoms with Gasteiger partial charge in [-0.25, -0.2) is 16.8 Å². The molecule has 3 N–H and O–H groups in total. The lowest BCUT2D eigenvalue weighted by atomic mass is 10.1. The Labute approximate surface area is 211 Å². The monoisotopic (exact) mass is 547 g/mol. The van der Waals surface area contributed by atoms with Gasteiger partial charge in [0.2, 0.25) is 0 Å². The molecule has 0 unspecified atom stereocenters. The first kappa shape index (κ1) is 23.4. The first-order valence-electron chi connectivity index (χ1n) is 10.0. The van der Waals surface area contributed by atoms with E-state index in [0.717, 1.165) is 6.07 Å². The summed E-state index contributed by atoms with van der Waals surface area (Å²) < 4.78 is 58.5. The number of carbonyl (C=O) groups excluding carboxylic acids is 1. The molecule has 0 saturated heterocycles. The summed E-state index contributed by atoms with van der Waals surface area (Å²) in [6.45, 7) is 0. The zero-order valence-corrected chi connectivity index (χ0v) is 20.7. The van der Waals surface area contributed by atoms with Crippen LogP contribution < -0.4 is 14.8 Å². The van der Waals surface area contributed by atoms with Crippen LogP contribution in [-0.2, 0) is 20.0 Å². The lowest BCUT2D eigenvalue weighted by Gasteiger charge is -2.16. The Hall–Kier alpha value is -3.31. The standard InChI is InChI=1S/C23H15Cl2N3O5S2/c24-13-4-1-6-15(10-13)27-34(30,31)19-12-20(35(32,33)28-16-7-2-5-14(25)11-16)22-21-17(19)8-3-9-18(21)23(29)26-22/h1-12,27-28H,(H,26,29). The lowest BCUT2D eigenvalue weighted by Crippen LogP contribution is -2.18. The lowest BCUT2D eigenvalue weighted by molar-refractivity contribution is 0.103. The number of benzene rings is 4. The highest BCUT2D eigenvalue weighted by atomic mass is 35.5. The Morgan fingerprint density at radius 3 is 1.80 bits per heavy atom. The molecule has 12 heteroatoms. The molecule has 0 aliphatic carbocycles. The maximum absolute atomic E-state index is 13.4. The predicted molar refractivity (Wildman–Crippen MR) is 136 cm³/mol. The van der Waals surface area contributed by atoms with Gasteiger partial charge in [0, 0.05) is 26.4 Å². The summed E-state index contributed by atoms with van der Waals surface area (Å²) in [6, 6.07) is 17.7. The Balaban J connectivity index is 1.72. The molecule has 0 radical (unpaired) electrons. The van der Waals surface area contributed by atoms with Gasteiger partial charge in [0.1, 0.15) is 4.90 Å². The Kier molecular flexibility index (Phi) is 5.64. The number of hydrogen-bond donors (Lipinski definition) is 3. The van der Waals surface area contributed by atoms with Gasteiger partial charge in [0.15, 0.2) is 0 Å². The highest BCUT2D eigenvalue weighted by Crippen LogP contribution is 2.42. The van der Waals surface area contributed by atoms with Crippen molar-refractivity contribution in [2.24, 2.45) is 0 Å². The van der Waals surface area contributed by atoms with Crippen molar-refractivity contribution >= 4 is 77.0 Å². The molecule has 178 valence electrons. The molecule has 1 heterocycles. The van der Waals surface area contributed by atoms with Crippen LogP contribution in [0.1, 0.15) is 10.4 Å². The fourth-order valence-corrected chi connectivity index (χ4v) is 6.85. The van der Waals surface area contributed by atoms with E-state index in [9.17, 15) is 21.6 Å². The summed E-state index contributed by atoms with van der Waals surface area (Å²) in [6.07, 6.45) is 0. The quantitative estimate of drug-likeness (QED) is 0.301. The summed E-state index contributed by atoms with van der Waals surface area (Å²) in [5.41, 5.74) is 0.522. The molecule has 0 fully saturated rings. The zero-order valence-electron chi connectivity index (χ0n) is 17.5. The minimum Gasteiger partial charge on any atom is -0.320 e. The minimum atomic E-state index is -4.35. The van der Waals surface area contributed by atoms with Gasteiger partial charge in [-0.3, -0.25) is 14.2 Å². The third kappa shape index (κ3) is 4.30. The number of halogens is 2. The number of hydrogen-bond acceptors (Lipinski definition) is 5. The van der Waals surface area contributed by atoms with Gasteiger partial charge in [0.25, 0.3) is 26.0 Å². The van der Waals surface area contributed by atoms with Crippen LogP contribution in [0.3, 0.4) is 0 Å². The highest BCUT2D eigenvalue weighted by Gasteiger charge is 2.33. The van der Waals surface area contributed by atoms with Crippen molar-refractivity contribution in [2.75, 3.05) is 14.8 Å². The summed E-state index contributed by atoms with van der Waals surface area (Å²) >= 11 is 11.9. The van der Waals surface area contributed by atoms with E-state index in [1.54, 1.807) is 24.3 Å². The fraction of sp³-hybridized carbons (Fsp3) is 0. The molecule has 35 heavy (non-hydrogen) atoms. The van der Waals surface area contributed by atoms with Crippen LogP contribution in [0, 0.1) is 0 Å². The average molecular weight is 548 g/mol. The van der Waals surface area contributed by atoms with Gasteiger partial charge in [-0.15, -0.1) is 0 Å². The largest absolute Gasteiger partial charge is 0.320 e. The molecule has 0 atom stereocenters. The van der Waals surface area contributed by atoms with Crippen LogP contribution in [-0.4, -0.2) is 22.7 Å². The van der Waals surface area contributed by atoms with Gasteiger partial charge < -0.3 is 5.32 Å². The van der Waals surface area contributed by atoms with Gasteiger partial charge in [-0.1, -0.05) is 47.5 Å². The minimum absolute atomic E-state index is 0.00293. The smallest absolute Gasteiger partial charge is 0.264 e. The first-order chi connectivity index (χ1) is 16.5. The second-order valence-corrected chi connectivity index (χ2v) is 11.8. The number of sulfonamides is 2. The van der Waals surface area contributed by atoms with E-state index in [1.807, 2.05) is 0 Å². The van der Waals surface area contributed by atoms with Crippen molar-refractivity contribution in [3.8, 4) is 0 Å². The summed E-state index contributed by atoms with van der Waals surface area (Å²) in [5.74, 6) is -0.540. The Morgan fingerprint density at radius 1 is 0.686 bits per heavy atom. The van der Waals surface area contributed by atoms with Gasteiger partial charge >= 0.3 is 0 Å². The average Bonchev–Trinajstić information content (AvgIpc) is 3.10. The summed E-state index contributed by atoms with van der Waals surface area (Å²) in [5, 5.41) is 3.56. The SMILES string of the molecule is O=C1Nc2c(S(=O)(=O)Nc3cccc(Cl)c3)cc(S(=O)(=O)Nc3cccc(Cl)c3)c3cccc1c23. The third-order valence-electron chi connectivity index (χ3n) is 5.30. The highest BCUT2D eigenvalue weighted by molar-refractivity contribution is 7.93. The van der Waals surface area contributed by atoms with Gasteiger partial charge in [-0.05, 0) is 48.5 Å². The molecule has 0 aromatic heterocycles. The van der Waals surface area contributed by atoms with E-state index in [2.05, 4.69) is 14.8 Å². The first-order valence-corrected chi connectivity index (χ1v) is 13.8. The Bertz CT molecular complexity index is 1760. The van der Waals surface area contributed by atoms with Crippen LogP contribution in [0.15, 0.2) is 82.6 Å². The summed E-state index contributed by atoms with van der Waals surface area (Å²) in [7, 11) is -8.66. The molecular weight excluding hydrogens is 533 g/mol. The maximum Gasteiger partial charge on any atom is 0.264 e. The molecular formula is C23H15Cl2N3O5S2. The number of anilines is 3. The van der Waals surface area contributed by atoms with Crippen LogP contribution in [0.4, 0.5) is 17.1 Å². The van der Waals surface area contributed by atoms with Crippen LogP contribution in [0.2, 0.25) is 10.0 Å². The second kappa shape index (κ2) is 8.42. The topological polar surface area (TPSA) is 121 Å². The molecule has 5 rings (SSSR count). The van der Waals surface area contributed by atoms with Crippen LogP contribution >= 0.6 is 23.2 Å². The van der Waals surface area contributed by atoms with Crippen LogP contribution in [0.5, 0.6) is 0 Å². The van der Waals surface area contributed by atoms with E-state index in [4.69, 9.17) is 23.2 Å². The van der Waals surface area contributed by atoms with E-state index in [0.29, 0.717) is 10.0 Å². The predicted octanol–water partition coefficient (Wildman–Crippen LogP) is 5.31. The molecule has 1 amide bonds. The van der Waals surface area contributed by atoms with Crippen molar-refractivity contribution < 1.29 is 21.6 Å². The molecule has 0 bridgehead atoms. The van der Waals surface area contributed by atoms with Crippen molar-refractivity contribution in [2.45, 2.75) is 9.79 Å². The molecule has 4 aromatic rings.